The van der Waals surface area contributed by atoms with E-state index in [9.17, 15) is 4.79 Å². The molecule has 0 aromatic rings. The van der Waals surface area contributed by atoms with E-state index in [1.807, 2.05) is 0 Å². The van der Waals surface area contributed by atoms with Crippen molar-refractivity contribution in [3.63, 3.8) is 0 Å². The average molecular weight is 152 g/mol. The van der Waals surface area contributed by atoms with E-state index in [-0.39, 0.29) is 11.9 Å². The first-order chi connectivity index (χ1) is 5.29. The average Bonchev–Trinajstić information content (AvgIpc) is 2.30. The Hall–Kier alpha value is -0.630. The Morgan fingerprint density at radius 3 is 3.09 bits per heavy atom. The van der Waals surface area contributed by atoms with Crippen LogP contribution in [0.1, 0.15) is 19.3 Å². The third-order valence-electron chi connectivity index (χ3n) is 2.59. The normalized spacial score (nSPS) is 37.5. The molecule has 0 aromatic carbocycles. The van der Waals surface area contributed by atoms with Crippen LogP contribution in [0.15, 0.2) is 12.2 Å². The first kappa shape index (κ1) is 7.04. The highest BCUT2D eigenvalue weighted by Gasteiger charge is 2.38. The first-order valence-electron chi connectivity index (χ1n) is 4.12. The molecule has 2 heteroatoms. The molecule has 2 nitrogen and oxygen atoms in total. The highest BCUT2D eigenvalue weighted by molar-refractivity contribution is 5.98. The van der Waals surface area contributed by atoms with E-state index in [1.165, 1.54) is 0 Å². The van der Waals surface area contributed by atoms with Gasteiger partial charge in [0.05, 0.1) is 6.10 Å². The second-order valence-electron chi connectivity index (χ2n) is 3.35. The quantitative estimate of drug-likeness (QED) is 0.489. The van der Waals surface area contributed by atoms with Crippen LogP contribution >= 0.6 is 0 Å². The molecule has 0 bridgehead atoms. The van der Waals surface area contributed by atoms with Gasteiger partial charge in [0.15, 0.2) is 5.78 Å². The molecule has 2 atom stereocenters. The number of carbonyl (C=O) groups is 1. The van der Waals surface area contributed by atoms with Crippen LogP contribution in [0, 0.1) is 5.92 Å². The molecule has 1 saturated heterocycles. The molecule has 0 N–H and O–H groups in total. The van der Waals surface area contributed by atoms with Gasteiger partial charge in [0, 0.05) is 18.6 Å². The third-order valence-corrected chi connectivity index (χ3v) is 2.59. The third kappa shape index (κ3) is 1.02. The van der Waals surface area contributed by atoms with E-state index >= 15 is 0 Å². The Morgan fingerprint density at radius 2 is 2.36 bits per heavy atom. The van der Waals surface area contributed by atoms with Crippen molar-refractivity contribution in [3.8, 4) is 0 Å². The molecule has 11 heavy (non-hydrogen) atoms. The number of carbonyl (C=O) groups excluding carboxylic acids is 1. The molecule has 2 aliphatic rings. The van der Waals surface area contributed by atoms with Gasteiger partial charge in [-0.25, -0.2) is 0 Å². The van der Waals surface area contributed by atoms with Gasteiger partial charge in [-0.15, -0.1) is 0 Å². The topological polar surface area (TPSA) is 26.3 Å². The van der Waals surface area contributed by atoms with Gasteiger partial charge in [-0.05, 0) is 18.8 Å². The molecule has 0 radical (unpaired) electrons. The summed E-state index contributed by atoms with van der Waals surface area (Å²) in [7, 11) is 0. The van der Waals surface area contributed by atoms with Crippen molar-refractivity contribution in [2.45, 2.75) is 25.4 Å². The maximum Gasteiger partial charge on any atom is 0.161 e. The van der Waals surface area contributed by atoms with Gasteiger partial charge < -0.3 is 4.74 Å². The smallest absolute Gasteiger partial charge is 0.161 e. The molecule has 1 heterocycles. The van der Waals surface area contributed by atoms with Crippen molar-refractivity contribution in [3.05, 3.63) is 12.2 Å². The Kier molecular flexibility index (Phi) is 1.57. The molecule has 0 unspecified atom stereocenters. The van der Waals surface area contributed by atoms with Gasteiger partial charge in [0.1, 0.15) is 0 Å². The molecule has 0 spiro atoms. The summed E-state index contributed by atoms with van der Waals surface area (Å²) in [6.45, 7) is 4.54. The second kappa shape index (κ2) is 2.45. The predicted molar refractivity (Wildman–Crippen MR) is 41.2 cm³/mol. The van der Waals surface area contributed by atoms with Crippen LogP contribution in [0.5, 0.6) is 0 Å². The van der Waals surface area contributed by atoms with E-state index in [2.05, 4.69) is 6.58 Å². The molecular formula is C9H12O2. The van der Waals surface area contributed by atoms with Crippen molar-refractivity contribution in [2.24, 2.45) is 5.92 Å². The second-order valence-corrected chi connectivity index (χ2v) is 3.35. The summed E-state index contributed by atoms with van der Waals surface area (Å²) in [5, 5.41) is 0. The van der Waals surface area contributed by atoms with E-state index in [0.29, 0.717) is 17.9 Å². The number of ether oxygens (including phenoxy) is 1. The zero-order valence-electron chi connectivity index (χ0n) is 6.51. The van der Waals surface area contributed by atoms with Gasteiger partial charge in [-0.1, -0.05) is 6.58 Å². The molecule has 1 saturated carbocycles. The fraction of sp³-hybridized carbons (Fsp3) is 0.667. The summed E-state index contributed by atoms with van der Waals surface area (Å²) in [5.74, 6) is 0.658. The number of hydrogen-bond acceptors (Lipinski definition) is 2. The first-order valence-corrected chi connectivity index (χ1v) is 4.12. The minimum Gasteiger partial charge on any atom is -0.373 e. The summed E-state index contributed by atoms with van der Waals surface area (Å²) in [6, 6.07) is 0. The van der Waals surface area contributed by atoms with Crippen molar-refractivity contribution >= 4 is 5.78 Å². The minimum absolute atomic E-state index is 0.0660. The van der Waals surface area contributed by atoms with E-state index in [0.717, 1.165) is 19.4 Å². The number of Topliss-reactive ketones (excluding diaryl/α,β-unsaturated/α-hetero) is 1. The molecule has 60 valence electrons. The highest BCUT2D eigenvalue weighted by atomic mass is 16.5. The number of ketones is 1. The SMILES string of the molecule is C=C1C(=O)C[C@H]2CCCO[C@@H]12. The van der Waals surface area contributed by atoms with Crippen molar-refractivity contribution in [1.82, 2.24) is 0 Å². The lowest BCUT2D eigenvalue weighted by Crippen LogP contribution is -2.25. The molecule has 1 aliphatic heterocycles. The van der Waals surface area contributed by atoms with Crippen LogP contribution in [0.2, 0.25) is 0 Å². The Morgan fingerprint density at radius 1 is 1.55 bits per heavy atom. The van der Waals surface area contributed by atoms with Crippen molar-refractivity contribution in [2.75, 3.05) is 6.61 Å². The minimum atomic E-state index is 0.0660. The lowest BCUT2D eigenvalue weighted by molar-refractivity contribution is -0.114. The molecule has 0 amide bonds. The summed E-state index contributed by atoms with van der Waals surface area (Å²) in [6.07, 6.45) is 2.97. The lowest BCUT2D eigenvalue weighted by Gasteiger charge is -2.24. The Labute approximate surface area is 66.2 Å². The maximum atomic E-state index is 11.2. The zero-order valence-corrected chi connectivity index (χ0v) is 6.51. The summed E-state index contributed by atoms with van der Waals surface area (Å²) >= 11 is 0. The molecule has 2 rings (SSSR count). The van der Waals surface area contributed by atoms with E-state index < -0.39 is 0 Å². The zero-order chi connectivity index (χ0) is 7.84. The van der Waals surface area contributed by atoms with Gasteiger partial charge in [0.2, 0.25) is 0 Å². The largest absolute Gasteiger partial charge is 0.373 e. The highest BCUT2D eigenvalue weighted by Crippen LogP contribution is 2.35. The van der Waals surface area contributed by atoms with Crippen LogP contribution in [0.3, 0.4) is 0 Å². The monoisotopic (exact) mass is 152 g/mol. The molecule has 2 fully saturated rings. The summed E-state index contributed by atoms with van der Waals surface area (Å²) < 4.78 is 5.46. The molecule has 1 aliphatic carbocycles. The van der Waals surface area contributed by atoms with Crippen LogP contribution in [-0.4, -0.2) is 18.5 Å². The summed E-state index contributed by atoms with van der Waals surface area (Å²) in [5.41, 5.74) is 0.703. The van der Waals surface area contributed by atoms with Crippen molar-refractivity contribution in [1.29, 1.82) is 0 Å². The standard InChI is InChI=1S/C9H12O2/c1-6-8(10)5-7-3-2-4-11-9(6)7/h7,9H,1-5H2/t7-,9+/m1/s1. The van der Waals surface area contributed by atoms with Gasteiger partial charge >= 0.3 is 0 Å². The fourth-order valence-electron chi connectivity index (χ4n) is 1.97. The van der Waals surface area contributed by atoms with Crippen LogP contribution in [0.25, 0.3) is 0 Å². The van der Waals surface area contributed by atoms with Gasteiger partial charge in [0.25, 0.3) is 0 Å². The fourth-order valence-corrected chi connectivity index (χ4v) is 1.97. The van der Waals surface area contributed by atoms with Gasteiger partial charge in [-0.3, -0.25) is 4.79 Å². The van der Waals surface area contributed by atoms with Crippen molar-refractivity contribution < 1.29 is 9.53 Å². The Balaban J connectivity index is 2.18. The molecule has 0 aromatic heterocycles. The number of rotatable bonds is 0. The number of hydrogen-bond donors (Lipinski definition) is 0. The van der Waals surface area contributed by atoms with Crippen LogP contribution < -0.4 is 0 Å². The van der Waals surface area contributed by atoms with Crippen LogP contribution in [0.4, 0.5) is 0 Å². The van der Waals surface area contributed by atoms with E-state index in [1.54, 1.807) is 0 Å². The van der Waals surface area contributed by atoms with Gasteiger partial charge in [-0.2, -0.15) is 0 Å². The predicted octanol–water partition coefficient (Wildman–Crippen LogP) is 1.31. The lowest BCUT2D eigenvalue weighted by atomic mass is 9.97. The number of fused-ring (bicyclic) bond motifs is 1. The maximum absolute atomic E-state index is 11.2. The molecular weight excluding hydrogens is 140 g/mol. The van der Waals surface area contributed by atoms with E-state index in [4.69, 9.17) is 4.74 Å². The Bertz CT molecular complexity index is 208. The summed E-state index contributed by atoms with van der Waals surface area (Å²) in [4.78, 5) is 11.2. The van der Waals surface area contributed by atoms with Crippen LogP contribution in [-0.2, 0) is 9.53 Å².